The van der Waals surface area contributed by atoms with E-state index in [1.54, 1.807) is 7.05 Å². The summed E-state index contributed by atoms with van der Waals surface area (Å²) in [6.07, 6.45) is 1.60. The van der Waals surface area contributed by atoms with E-state index in [1.807, 2.05) is 45.0 Å². The van der Waals surface area contributed by atoms with Gasteiger partial charge in [0.05, 0.1) is 5.69 Å². The number of guanidine groups is 1. The molecule has 2 aromatic rings. The van der Waals surface area contributed by atoms with Crippen LogP contribution in [0.15, 0.2) is 33.8 Å². The topological polar surface area (TPSA) is 91.6 Å². The first kappa shape index (κ1) is 23.9. The summed E-state index contributed by atoms with van der Waals surface area (Å²) in [5.41, 5.74) is 3.84. The SMILES string of the molecule is CCNC(=NCCc1c(C)noc1C)NCCc1cccc(C(=O)NC)c1.I. The molecule has 0 saturated carbocycles. The second-order valence-electron chi connectivity index (χ2n) is 6.27. The van der Waals surface area contributed by atoms with Crippen LogP contribution >= 0.6 is 24.0 Å². The third-order valence-corrected chi connectivity index (χ3v) is 4.28. The lowest BCUT2D eigenvalue weighted by atomic mass is 10.1. The highest BCUT2D eigenvalue weighted by atomic mass is 127. The maximum Gasteiger partial charge on any atom is 0.251 e. The van der Waals surface area contributed by atoms with E-state index in [0.29, 0.717) is 12.1 Å². The molecule has 3 N–H and O–H groups in total. The average Bonchev–Trinajstić information content (AvgIpc) is 2.99. The van der Waals surface area contributed by atoms with E-state index in [2.05, 4.69) is 26.1 Å². The van der Waals surface area contributed by atoms with Crippen molar-refractivity contribution in [1.29, 1.82) is 0 Å². The highest BCUT2D eigenvalue weighted by Crippen LogP contribution is 2.12. The number of halogens is 1. The predicted octanol–water partition coefficient (Wildman–Crippen LogP) is 2.61. The maximum atomic E-state index is 11.7. The number of aromatic nitrogens is 1. The lowest BCUT2D eigenvalue weighted by Crippen LogP contribution is -2.38. The van der Waals surface area contributed by atoms with Crippen LogP contribution in [-0.4, -0.2) is 43.7 Å². The first-order valence-corrected chi connectivity index (χ1v) is 9.30. The second kappa shape index (κ2) is 12.4. The number of hydrogen-bond acceptors (Lipinski definition) is 4. The van der Waals surface area contributed by atoms with Crippen molar-refractivity contribution < 1.29 is 9.32 Å². The van der Waals surface area contributed by atoms with Gasteiger partial charge in [0.25, 0.3) is 5.91 Å². The quantitative estimate of drug-likeness (QED) is 0.295. The minimum atomic E-state index is -0.0703. The molecule has 0 unspecified atom stereocenters. The van der Waals surface area contributed by atoms with Crippen molar-refractivity contribution in [1.82, 2.24) is 21.1 Å². The molecule has 0 atom stereocenters. The summed E-state index contributed by atoms with van der Waals surface area (Å²) in [5, 5.41) is 13.2. The monoisotopic (exact) mass is 499 g/mol. The smallest absolute Gasteiger partial charge is 0.251 e. The summed E-state index contributed by atoms with van der Waals surface area (Å²) in [6.45, 7) is 8.10. The van der Waals surface area contributed by atoms with E-state index in [4.69, 9.17) is 4.52 Å². The molecule has 1 heterocycles. The van der Waals surface area contributed by atoms with Crippen LogP contribution in [0.2, 0.25) is 0 Å². The number of carbonyl (C=O) groups excluding carboxylic acids is 1. The summed E-state index contributed by atoms with van der Waals surface area (Å²) in [7, 11) is 1.64. The Bertz CT molecular complexity index is 769. The molecule has 0 radical (unpaired) electrons. The van der Waals surface area contributed by atoms with Crippen molar-refractivity contribution in [2.24, 2.45) is 4.99 Å². The molecular weight excluding hydrogens is 469 g/mol. The van der Waals surface area contributed by atoms with Gasteiger partial charge in [0.2, 0.25) is 0 Å². The normalized spacial score (nSPS) is 10.9. The van der Waals surface area contributed by atoms with E-state index in [-0.39, 0.29) is 29.9 Å². The van der Waals surface area contributed by atoms with Crippen LogP contribution in [0, 0.1) is 13.8 Å². The molecular formula is C20H30IN5O2. The molecule has 0 aliphatic carbocycles. The number of aryl methyl sites for hydroxylation is 2. The van der Waals surface area contributed by atoms with Gasteiger partial charge in [0, 0.05) is 37.8 Å². The first-order valence-electron chi connectivity index (χ1n) is 9.30. The summed E-state index contributed by atoms with van der Waals surface area (Å²) in [5.74, 6) is 1.57. The summed E-state index contributed by atoms with van der Waals surface area (Å²) in [6, 6.07) is 7.66. The van der Waals surface area contributed by atoms with Gasteiger partial charge in [0.1, 0.15) is 5.76 Å². The van der Waals surface area contributed by atoms with Gasteiger partial charge in [-0.15, -0.1) is 24.0 Å². The third kappa shape index (κ3) is 7.14. The number of aliphatic imine (C=N–C) groups is 1. The van der Waals surface area contributed by atoms with Crippen molar-refractivity contribution in [3.8, 4) is 0 Å². The lowest BCUT2D eigenvalue weighted by molar-refractivity contribution is 0.0963. The standard InChI is InChI=1S/C20H29N5O2.HI/c1-5-22-20(24-12-10-18-14(2)25-27-15(18)3)23-11-9-16-7-6-8-17(13-16)19(26)21-4;/h6-8,13H,5,9-12H2,1-4H3,(H,21,26)(H2,22,23,24);1H. The Kier molecular flexibility index (Phi) is 10.6. The van der Waals surface area contributed by atoms with Crippen LogP contribution in [0.25, 0.3) is 0 Å². The lowest BCUT2D eigenvalue weighted by Gasteiger charge is -2.11. The fourth-order valence-corrected chi connectivity index (χ4v) is 2.82. The molecule has 154 valence electrons. The molecule has 0 aliphatic rings. The van der Waals surface area contributed by atoms with Gasteiger partial charge in [-0.25, -0.2) is 0 Å². The van der Waals surface area contributed by atoms with E-state index >= 15 is 0 Å². The predicted molar refractivity (Wildman–Crippen MR) is 123 cm³/mol. The highest BCUT2D eigenvalue weighted by molar-refractivity contribution is 14.0. The van der Waals surface area contributed by atoms with E-state index in [9.17, 15) is 4.79 Å². The highest BCUT2D eigenvalue weighted by Gasteiger charge is 2.08. The van der Waals surface area contributed by atoms with Crippen molar-refractivity contribution in [2.45, 2.75) is 33.6 Å². The zero-order valence-electron chi connectivity index (χ0n) is 17.0. The average molecular weight is 499 g/mol. The number of carbonyl (C=O) groups is 1. The van der Waals surface area contributed by atoms with Crippen LogP contribution in [-0.2, 0) is 12.8 Å². The van der Waals surface area contributed by atoms with Crippen LogP contribution in [0.3, 0.4) is 0 Å². The van der Waals surface area contributed by atoms with Gasteiger partial charge >= 0.3 is 0 Å². The van der Waals surface area contributed by atoms with E-state index in [0.717, 1.165) is 54.5 Å². The molecule has 0 bridgehead atoms. The summed E-state index contributed by atoms with van der Waals surface area (Å²) < 4.78 is 5.19. The number of nitrogens with one attached hydrogen (secondary N) is 3. The van der Waals surface area contributed by atoms with Gasteiger partial charge in [0.15, 0.2) is 5.96 Å². The molecule has 8 heteroatoms. The molecule has 0 spiro atoms. The maximum absolute atomic E-state index is 11.7. The Hall–Kier alpha value is -2.10. The molecule has 7 nitrogen and oxygen atoms in total. The molecule has 28 heavy (non-hydrogen) atoms. The Morgan fingerprint density at radius 1 is 1.21 bits per heavy atom. The number of rotatable bonds is 8. The Balaban J connectivity index is 0.00000392. The number of benzene rings is 1. The van der Waals surface area contributed by atoms with Crippen molar-refractivity contribution in [3.63, 3.8) is 0 Å². The van der Waals surface area contributed by atoms with Crippen LogP contribution in [0.5, 0.6) is 0 Å². The van der Waals surface area contributed by atoms with Gasteiger partial charge in [-0.2, -0.15) is 0 Å². The minimum Gasteiger partial charge on any atom is -0.361 e. The first-order chi connectivity index (χ1) is 13.0. The van der Waals surface area contributed by atoms with Gasteiger partial charge in [-0.1, -0.05) is 17.3 Å². The van der Waals surface area contributed by atoms with Gasteiger partial charge < -0.3 is 20.5 Å². The second-order valence-corrected chi connectivity index (χ2v) is 6.27. The third-order valence-electron chi connectivity index (χ3n) is 4.28. The zero-order valence-corrected chi connectivity index (χ0v) is 19.3. The Labute approximate surface area is 183 Å². The van der Waals surface area contributed by atoms with Crippen molar-refractivity contribution >= 4 is 35.8 Å². The van der Waals surface area contributed by atoms with Gasteiger partial charge in [-0.3, -0.25) is 9.79 Å². The molecule has 2 rings (SSSR count). The molecule has 1 amide bonds. The summed E-state index contributed by atoms with van der Waals surface area (Å²) in [4.78, 5) is 16.4. The van der Waals surface area contributed by atoms with Crippen LogP contribution < -0.4 is 16.0 Å². The van der Waals surface area contributed by atoms with E-state index in [1.165, 1.54) is 0 Å². The van der Waals surface area contributed by atoms with E-state index < -0.39 is 0 Å². The largest absolute Gasteiger partial charge is 0.361 e. The van der Waals surface area contributed by atoms with Crippen molar-refractivity contribution in [3.05, 3.63) is 52.4 Å². The minimum absolute atomic E-state index is 0. The number of nitrogens with zero attached hydrogens (tertiary/aromatic N) is 2. The fraction of sp³-hybridized carbons (Fsp3) is 0.450. The molecule has 0 saturated heterocycles. The van der Waals surface area contributed by atoms with Crippen LogP contribution in [0.1, 0.15) is 39.9 Å². The molecule has 0 fully saturated rings. The number of hydrogen-bond donors (Lipinski definition) is 3. The fourth-order valence-electron chi connectivity index (χ4n) is 2.82. The van der Waals surface area contributed by atoms with Crippen LogP contribution in [0.4, 0.5) is 0 Å². The summed E-state index contributed by atoms with van der Waals surface area (Å²) >= 11 is 0. The molecule has 1 aromatic carbocycles. The molecule has 1 aromatic heterocycles. The number of amides is 1. The molecule has 0 aliphatic heterocycles. The van der Waals surface area contributed by atoms with Crippen molar-refractivity contribution in [2.75, 3.05) is 26.7 Å². The Morgan fingerprint density at radius 3 is 2.64 bits per heavy atom. The van der Waals surface area contributed by atoms with Gasteiger partial charge in [-0.05, 0) is 51.3 Å². The Morgan fingerprint density at radius 2 is 2.00 bits per heavy atom. The zero-order chi connectivity index (χ0) is 19.6.